The van der Waals surface area contributed by atoms with Gasteiger partial charge < -0.3 is 5.11 Å². The fraction of sp³-hybridized carbons (Fsp3) is 0.619. The van der Waals surface area contributed by atoms with E-state index in [9.17, 15) is 14.7 Å². The molecule has 0 unspecified atom stereocenters. The second kappa shape index (κ2) is 6.46. The zero-order valence-corrected chi connectivity index (χ0v) is 16.9. The normalized spacial score (nSPS) is 26.8. The lowest BCUT2D eigenvalue weighted by Crippen LogP contribution is -2.55. The molecule has 144 valence electrons. The minimum Gasteiger partial charge on any atom is -0.368 e. The van der Waals surface area contributed by atoms with Gasteiger partial charge in [0.2, 0.25) is 0 Å². The minimum absolute atomic E-state index is 0.0327. The molecule has 0 spiro atoms. The Morgan fingerprint density at radius 2 is 1.65 bits per heavy atom. The fourth-order valence-electron chi connectivity index (χ4n) is 3.10. The van der Waals surface area contributed by atoms with E-state index in [0.717, 1.165) is 5.06 Å². The van der Waals surface area contributed by atoms with Crippen molar-refractivity contribution in [3.05, 3.63) is 35.9 Å². The van der Waals surface area contributed by atoms with Crippen molar-refractivity contribution < 1.29 is 19.5 Å². The van der Waals surface area contributed by atoms with E-state index < -0.39 is 28.1 Å². The molecule has 0 bridgehead atoms. The highest BCUT2D eigenvalue weighted by Crippen LogP contribution is 2.49. The number of rotatable bonds is 3. The second-order valence-corrected chi connectivity index (χ2v) is 9.60. The van der Waals surface area contributed by atoms with Gasteiger partial charge in [0.25, 0.3) is 5.91 Å². The van der Waals surface area contributed by atoms with Crippen LogP contribution in [0.3, 0.4) is 0 Å². The zero-order valence-electron chi connectivity index (χ0n) is 16.9. The molecule has 0 saturated carbocycles. The Morgan fingerprint density at radius 1 is 1.12 bits per heavy atom. The highest BCUT2D eigenvalue weighted by Gasteiger charge is 2.60. The van der Waals surface area contributed by atoms with Crippen LogP contribution in [-0.4, -0.2) is 33.2 Å². The van der Waals surface area contributed by atoms with Crippen molar-refractivity contribution in [2.24, 2.45) is 10.8 Å². The summed E-state index contributed by atoms with van der Waals surface area (Å²) in [5.74, 6) is -0.375. The van der Waals surface area contributed by atoms with Gasteiger partial charge in [0.1, 0.15) is 11.4 Å². The Hall–Kier alpha value is -1.72. The summed E-state index contributed by atoms with van der Waals surface area (Å²) in [6.07, 6.45) is 0.303. The molecule has 2 atom stereocenters. The molecule has 1 amide bonds. The van der Waals surface area contributed by atoms with Crippen LogP contribution in [0.15, 0.2) is 30.3 Å². The predicted molar refractivity (Wildman–Crippen MR) is 100 cm³/mol. The molecule has 26 heavy (non-hydrogen) atoms. The Morgan fingerprint density at radius 3 is 2.12 bits per heavy atom. The zero-order chi connectivity index (χ0) is 20.0. The van der Waals surface area contributed by atoms with Gasteiger partial charge in [-0.05, 0) is 19.1 Å². The average Bonchev–Trinajstić information content (AvgIpc) is 2.78. The fourth-order valence-corrected chi connectivity index (χ4v) is 3.10. The lowest BCUT2D eigenvalue weighted by molar-refractivity contribution is -0.257. The number of carbonyl (C=O) groups is 2. The number of amides is 1. The quantitative estimate of drug-likeness (QED) is 0.885. The number of aliphatic hydroxyl groups is 1. The monoisotopic (exact) mass is 361 g/mol. The molecule has 1 N–H and O–H groups in total. The standard InChI is InChI=1S/C21H31NO4/c1-18(2,3)16(23)13-20(7)14-21(25,19(4,5)6)22(26-20)17(24)15-11-9-8-10-12-15/h8-12,25H,13-14H2,1-7H3/t20-,21-/m1/s1. The molecule has 1 heterocycles. The smallest absolute Gasteiger partial charge is 0.280 e. The van der Waals surface area contributed by atoms with Gasteiger partial charge in [-0.3, -0.25) is 14.4 Å². The third-order valence-electron chi connectivity index (χ3n) is 5.05. The van der Waals surface area contributed by atoms with Crippen molar-refractivity contribution in [3.63, 3.8) is 0 Å². The summed E-state index contributed by atoms with van der Waals surface area (Å²) in [5, 5.41) is 12.5. The van der Waals surface area contributed by atoms with Crippen LogP contribution in [-0.2, 0) is 9.63 Å². The summed E-state index contributed by atoms with van der Waals surface area (Å²) in [7, 11) is 0. The number of Topliss-reactive ketones (excluding diaryl/α,β-unsaturated/α-hetero) is 1. The van der Waals surface area contributed by atoms with Gasteiger partial charge in [-0.1, -0.05) is 59.7 Å². The summed E-state index contributed by atoms with van der Waals surface area (Å²) < 4.78 is 0. The third kappa shape index (κ3) is 3.84. The van der Waals surface area contributed by atoms with Crippen LogP contribution in [0.5, 0.6) is 0 Å². The van der Waals surface area contributed by atoms with Gasteiger partial charge in [-0.25, -0.2) is 0 Å². The van der Waals surface area contributed by atoms with Crippen molar-refractivity contribution in [2.75, 3.05) is 0 Å². The van der Waals surface area contributed by atoms with Crippen LogP contribution in [0.25, 0.3) is 0 Å². The molecule has 1 aromatic rings. The molecular weight excluding hydrogens is 330 g/mol. The maximum Gasteiger partial charge on any atom is 0.280 e. The van der Waals surface area contributed by atoms with E-state index in [1.807, 2.05) is 47.6 Å². The third-order valence-corrected chi connectivity index (χ3v) is 5.05. The molecule has 1 aliphatic heterocycles. The van der Waals surface area contributed by atoms with E-state index >= 15 is 0 Å². The first-order valence-corrected chi connectivity index (χ1v) is 9.04. The Balaban J connectivity index is 2.40. The minimum atomic E-state index is -1.52. The molecule has 2 rings (SSSR count). The SMILES string of the molecule is CC(C)(C)C(=O)C[C@]1(C)C[C@@](O)(C(C)(C)C)N(C(=O)c2ccccc2)O1. The van der Waals surface area contributed by atoms with Crippen molar-refractivity contribution in [1.82, 2.24) is 5.06 Å². The largest absolute Gasteiger partial charge is 0.368 e. The van der Waals surface area contributed by atoms with Crippen LogP contribution in [0.4, 0.5) is 0 Å². The molecule has 0 aliphatic carbocycles. The first kappa shape index (κ1) is 20.6. The summed E-state index contributed by atoms with van der Waals surface area (Å²) in [6, 6.07) is 8.72. The number of hydrogen-bond acceptors (Lipinski definition) is 4. The van der Waals surface area contributed by atoms with E-state index in [1.54, 1.807) is 31.2 Å². The molecular formula is C21H31NO4. The molecule has 1 aliphatic rings. The highest BCUT2D eigenvalue weighted by molar-refractivity contribution is 5.94. The summed E-state index contributed by atoms with van der Waals surface area (Å²) in [4.78, 5) is 31.6. The Labute approximate surface area is 156 Å². The highest BCUT2D eigenvalue weighted by atomic mass is 16.7. The van der Waals surface area contributed by atoms with Crippen molar-refractivity contribution >= 4 is 11.7 Å². The Kier molecular flexibility index (Phi) is 5.12. The first-order valence-electron chi connectivity index (χ1n) is 9.04. The lowest BCUT2D eigenvalue weighted by Gasteiger charge is -2.41. The summed E-state index contributed by atoms with van der Waals surface area (Å²) >= 11 is 0. The number of benzene rings is 1. The summed E-state index contributed by atoms with van der Waals surface area (Å²) in [5.41, 5.74) is -3.20. The van der Waals surface area contributed by atoms with E-state index in [-0.39, 0.29) is 18.6 Å². The Bertz CT molecular complexity index is 686. The number of hydroxylamine groups is 2. The molecule has 5 nitrogen and oxygen atoms in total. The van der Waals surface area contributed by atoms with Crippen molar-refractivity contribution in [1.29, 1.82) is 0 Å². The molecule has 5 heteroatoms. The van der Waals surface area contributed by atoms with Gasteiger partial charge in [-0.2, -0.15) is 5.06 Å². The van der Waals surface area contributed by atoms with Gasteiger partial charge in [0.05, 0.1) is 0 Å². The molecule has 0 radical (unpaired) electrons. The molecule has 1 saturated heterocycles. The van der Waals surface area contributed by atoms with Crippen LogP contribution < -0.4 is 0 Å². The molecule has 0 aromatic heterocycles. The van der Waals surface area contributed by atoms with E-state index in [0.29, 0.717) is 5.56 Å². The van der Waals surface area contributed by atoms with E-state index in [2.05, 4.69) is 0 Å². The predicted octanol–water partition coefficient (Wildman–Crippen LogP) is 3.96. The number of carbonyl (C=O) groups excluding carboxylic acids is 2. The average molecular weight is 361 g/mol. The van der Waals surface area contributed by atoms with Gasteiger partial charge in [-0.15, -0.1) is 0 Å². The van der Waals surface area contributed by atoms with Crippen LogP contribution in [0.1, 0.15) is 71.7 Å². The molecule has 1 fully saturated rings. The van der Waals surface area contributed by atoms with Crippen LogP contribution >= 0.6 is 0 Å². The van der Waals surface area contributed by atoms with Crippen LogP contribution in [0.2, 0.25) is 0 Å². The van der Waals surface area contributed by atoms with Gasteiger partial charge in [0.15, 0.2) is 5.72 Å². The van der Waals surface area contributed by atoms with Crippen molar-refractivity contribution in [3.8, 4) is 0 Å². The van der Waals surface area contributed by atoms with Gasteiger partial charge in [0, 0.05) is 29.2 Å². The molecule has 1 aromatic carbocycles. The number of nitrogens with zero attached hydrogens (tertiary/aromatic N) is 1. The maximum atomic E-state index is 13.0. The van der Waals surface area contributed by atoms with Crippen molar-refractivity contribution in [2.45, 2.75) is 72.6 Å². The van der Waals surface area contributed by atoms with Crippen LogP contribution in [0, 0.1) is 10.8 Å². The first-order chi connectivity index (χ1) is 11.7. The van der Waals surface area contributed by atoms with Gasteiger partial charge >= 0.3 is 0 Å². The second-order valence-electron chi connectivity index (χ2n) is 9.60. The number of hydrogen-bond donors (Lipinski definition) is 1. The maximum absolute atomic E-state index is 13.0. The topological polar surface area (TPSA) is 66.8 Å². The van der Waals surface area contributed by atoms with E-state index in [1.165, 1.54) is 0 Å². The number of ketones is 1. The van der Waals surface area contributed by atoms with E-state index in [4.69, 9.17) is 4.84 Å². The summed E-state index contributed by atoms with van der Waals surface area (Å²) in [6.45, 7) is 12.9. The lowest BCUT2D eigenvalue weighted by atomic mass is 9.75.